The van der Waals surface area contributed by atoms with Gasteiger partial charge in [0, 0.05) is 42.9 Å². The fourth-order valence-electron chi connectivity index (χ4n) is 2.14. The van der Waals surface area contributed by atoms with E-state index in [4.69, 9.17) is 0 Å². The predicted octanol–water partition coefficient (Wildman–Crippen LogP) is 2.65. The van der Waals surface area contributed by atoms with E-state index in [-0.39, 0.29) is 17.5 Å². The molecule has 0 fully saturated rings. The van der Waals surface area contributed by atoms with E-state index in [1.165, 1.54) is 0 Å². The predicted molar refractivity (Wildman–Crippen MR) is 83.2 cm³/mol. The monoisotopic (exact) mass is 288 g/mol. The number of carbonyl (C=O) groups is 1. The first-order valence-electron chi connectivity index (χ1n) is 7.35. The van der Waals surface area contributed by atoms with Crippen LogP contribution in [0.4, 0.5) is 0 Å². The molecule has 0 aliphatic rings. The van der Waals surface area contributed by atoms with Crippen molar-refractivity contribution in [2.75, 3.05) is 0 Å². The van der Waals surface area contributed by atoms with Gasteiger partial charge in [0.1, 0.15) is 0 Å². The number of hydrogen-bond acceptors (Lipinski definition) is 2. The molecule has 2 rings (SSSR count). The summed E-state index contributed by atoms with van der Waals surface area (Å²) in [6, 6.07) is 1.97. The highest BCUT2D eigenvalue weighted by Gasteiger charge is 2.17. The molecule has 0 bridgehead atoms. The average Bonchev–Trinajstić information content (AvgIpc) is 3.08. The van der Waals surface area contributed by atoms with Gasteiger partial charge in [-0.2, -0.15) is 0 Å². The van der Waals surface area contributed by atoms with Crippen molar-refractivity contribution in [3.63, 3.8) is 0 Å². The van der Waals surface area contributed by atoms with Crippen LogP contribution >= 0.6 is 0 Å². The van der Waals surface area contributed by atoms with Crippen molar-refractivity contribution in [2.45, 2.75) is 52.2 Å². The lowest BCUT2D eigenvalue weighted by Gasteiger charge is -2.21. The van der Waals surface area contributed by atoms with Gasteiger partial charge in [0.05, 0.1) is 11.9 Å². The summed E-state index contributed by atoms with van der Waals surface area (Å²) in [6.07, 6.45) is 10.2. The van der Waals surface area contributed by atoms with Crippen molar-refractivity contribution in [1.29, 1.82) is 0 Å². The second kappa shape index (κ2) is 6.16. The molecular formula is C16H24N4O. The summed E-state index contributed by atoms with van der Waals surface area (Å²) in [5.74, 6) is -0.0232. The van der Waals surface area contributed by atoms with Crippen LogP contribution in [0.15, 0.2) is 37.2 Å². The summed E-state index contributed by atoms with van der Waals surface area (Å²) in [5.41, 5.74) is 0.688. The minimum atomic E-state index is -0.0232. The summed E-state index contributed by atoms with van der Waals surface area (Å²) in [4.78, 5) is 16.4. The normalized spacial score (nSPS) is 13.1. The Balaban J connectivity index is 2.00. The van der Waals surface area contributed by atoms with Crippen molar-refractivity contribution in [3.8, 4) is 0 Å². The Labute approximate surface area is 126 Å². The van der Waals surface area contributed by atoms with Crippen LogP contribution in [0.3, 0.4) is 0 Å². The molecule has 1 N–H and O–H groups in total. The molecule has 114 valence electrons. The Morgan fingerprint density at radius 2 is 2.14 bits per heavy atom. The van der Waals surface area contributed by atoms with Gasteiger partial charge in [-0.3, -0.25) is 4.79 Å². The summed E-state index contributed by atoms with van der Waals surface area (Å²) in [6.45, 7) is 9.15. The Morgan fingerprint density at radius 3 is 2.67 bits per heavy atom. The van der Waals surface area contributed by atoms with Gasteiger partial charge in [0.25, 0.3) is 5.91 Å². The lowest BCUT2D eigenvalue weighted by Crippen LogP contribution is -2.37. The summed E-state index contributed by atoms with van der Waals surface area (Å²) in [5, 5.41) is 3.09. The molecule has 1 amide bonds. The molecule has 0 radical (unpaired) electrons. The van der Waals surface area contributed by atoms with Crippen LogP contribution < -0.4 is 5.32 Å². The average molecular weight is 288 g/mol. The van der Waals surface area contributed by atoms with Crippen LogP contribution in [0, 0.1) is 0 Å². The first-order valence-corrected chi connectivity index (χ1v) is 7.35. The third-order valence-electron chi connectivity index (χ3n) is 3.55. The first kappa shape index (κ1) is 15.4. The van der Waals surface area contributed by atoms with Gasteiger partial charge in [-0.25, -0.2) is 4.98 Å². The van der Waals surface area contributed by atoms with Crippen LogP contribution in [0.5, 0.6) is 0 Å². The molecule has 0 aromatic carbocycles. The second-order valence-electron chi connectivity index (χ2n) is 6.32. The van der Waals surface area contributed by atoms with Crippen molar-refractivity contribution >= 4 is 5.91 Å². The van der Waals surface area contributed by atoms with Crippen molar-refractivity contribution in [2.24, 2.45) is 0 Å². The Kier molecular flexibility index (Phi) is 4.50. The fourth-order valence-corrected chi connectivity index (χ4v) is 2.14. The lowest BCUT2D eigenvalue weighted by molar-refractivity contribution is 0.0931. The van der Waals surface area contributed by atoms with E-state index in [9.17, 15) is 4.79 Å². The van der Waals surface area contributed by atoms with Crippen LogP contribution in [0.1, 0.15) is 44.5 Å². The smallest absolute Gasteiger partial charge is 0.253 e. The molecule has 0 saturated carbocycles. The maximum absolute atomic E-state index is 12.3. The number of imidazole rings is 1. The number of carbonyl (C=O) groups excluding carboxylic acids is 1. The maximum atomic E-state index is 12.3. The zero-order valence-corrected chi connectivity index (χ0v) is 13.2. The molecule has 21 heavy (non-hydrogen) atoms. The van der Waals surface area contributed by atoms with Crippen molar-refractivity contribution < 1.29 is 4.79 Å². The molecule has 0 saturated heterocycles. The topological polar surface area (TPSA) is 51.9 Å². The highest BCUT2D eigenvalue weighted by atomic mass is 16.1. The van der Waals surface area contributed by atoms with Gasteiger partial charge in [0.15, 0.2) is 0 Å². The third kappa shape index (κ3) is 3.97. The van der Waals surface area contributed by atoms with Crippen molar-refractivity contribution in [3.05, 3.63) is 42.7 Å². The summed E-state index contributed by atoms with van der Waals surface area (Å²) >= 11 is 0. The van der Waals surface area contributed by atoms with Gasteiger partial charge in [0.2, 0.25) is 0 Å². The molecule has 2 aromatic rings. The third-order valence-corrected chi connectivity index (χ3v) is 3.55. The molecule has 2 heterocycles. The Hall–Kier alpha value is -2.04. The minimum absolute atomic E-state index is 0.0144. The summed E-state index contributed by atoms with van der Waals surface area (Å²) in [7, 11) is 0. The fraction of sp³-hybridized carbons (Fsp3) is 0.500. The number of nitrogens with zero attached hydrogens (tertiary/aromatic N) is 3. The van der Waals surface area contributed by atoms with Gasteiger partial charge in [-0.05, 0) is 33.3 Å². The van der Waals surface area contributed by atoms with Crippen LogP contribution in [0.25, 0.3) is 0 Å². The van der Waals surface area contributed by atoms with E-state index in [0.717, 1.165) is 13.0 Å². The summed E-state index contributed by atoms with van der Waals surface area (Å²) < 4.78 is 4.04. The number of rotatable bonds is 5. The standard InChI is InChI=1S/C16H24N4O/c1-5-14(11-19-9-7-17-12-19)18-15(21)13-6-8-20(10-13)16(2,3)4/h6-10,12,14H,5,11H2,1-4H3,(H,18,21)/t14-/m0/s1. The molecular weight excluding hydrogens is 264 g/mol. The minimum Gasteiger partial charge on any atom is -0.348 e. The van der Waals surface area contributed by atoms with Crippen LogP contribution in [-0.4, -0.2) is 26.1 Å². The second-order valence-corrected chi connectivity index (χ2v) is 6.32. The number of hydrogen-bond donors (Lipinski definition) is 1. The molecule has 0 spiro atoms. The van der Waals surface area contributed by atoms with Gasteiger partial charge in [-0.1, -0.05) is 6.92 Å². The zero-order chi connectivity index (χ0) is 15.5. The molecule has 5 heteroatoms. The molecule has 2 aromatic heterocycles. The quantitative estimate of drug-likeness (QED) is 0.919. The number of amides is 1. The molecule has 5 nitrogen and oxygen atoms in total. The van der Waals surface area contributed by atoms with Gasteiger partial charge >= 0.3 is 0 Å². The van der Waals surface area contributed by atoms with E-state index < -0.39 is 0 Å². The van der Waals surface area contributed by atoms with E-state index in [1.54, 1.807) is 12.5 Å². The maximum Gasteiger partial charge on any atom is 0.253 e. The molecule has 0 aliphatic carbocycles. The lowest BCUT2D eigenvalue weighted by atomic mass is 10.1. The first-order chi connectivity index (χ1) is 9.90. The van der Waals surface area contributed by atoms with E-state index in [1.807, 2.05) is 29.2 Å². The Morgan fingerprint density at radius 1 is 1.38 bits per heavy atom. The van der Waals surface area contributed by atoms with E-state index in [0.29, 0.717) is 5.56 Å². The van der Waals surface area contributed by atoms with Crippen LogP contribution in [-0.2, 0) is 12.1 Å². The number of nitrogens with one attached hydrogen (secondary N) is 1. The van der Waals surface area contributed by atoms with Gasteiger partial charge in [-0.15, -0.1) is 0 Å². The van der Waals surface area contributed by atoms with Crippen LogP contribution in [0.2, 0.25) is 0 Å². The Bertz CT molecular complexity index is 578. The van der Waals surface area contributed by atoms with Gasteiger partial charge < -0.3 is 14.5 Å². The highest BCUT2D eigenvalue weighted by Crippen LogP contribution is 2.15. The largest absolute Gasteiger partial charge is 0.348 e. The molecule has 1 atom stereocenters. The van der Waals surface area contributed by atoms with E-state index >= 15 is 0 Å². The van der Waals surface area contributed by atoms with E-state index in [2.05, 4.69) is 42.6 Å². The molecule has 0 unspecified atom stereocenters. The van der Waals surface area contributed by atoms with Crippen molar-refractivity contribution in [1.82, 2.24) is 19.4 Å². The SMILES string of the molecule is CC[C@@H](Cn1ccnc1)NC(=O)c1ccn(C(C)(C)C)c1. The number of aromatic nitrogens is 3. The zero-order valence-electron chi connectivity index (χ0n) is 13.2. The highest BCUT2D eigenvalue weighted by molar-refractivity contribution is 5.94. The molecule has 0 aliphatic heterocycles.